The molecule has 0 aliphatic carbocycles. The minimum Gasteiger partial charge on any atom is -0.497 e. The van der Waals surface area contributed by atoms with Gasteiger partial charge in [0, 0.05) is 36.9 Å². The predicted octanol–water partition coefficient (Wildman–Crippen LogP) is 3.24. The molecule has 7 heteroatoms. The van der Waals surface area contributed by atoms with Gasteiger partial charge >= 0.3 is 0 Å². The van der Waals surface area contributed by atoms with Crippen molar-refractivity contribution < 1.29 is 9.84 Å². The summed E-state index contributed by atoms with van der Waals surface area (Å²) in [4.78, 5) is 6.72. The molecular weight excluding hydrogens is 384 g/mol. The number of hydrogen-bond donors (Lipinski definition) is 2. The Morgan fingerprint density at radius 3 is 2.66 bits per heavy atom. The fourth-order valence-electron chi connectivity index (χ4n) is 3.82. The Labute approximate surface area is 175 Å². The molecule has 0 amide bonds. The lowest BCUT2D eigenvalue weighted by Crippen LogP contribution is -2.31. The van der Waals surface area contributed by atoms with Crippen molar-refractivity contribution in [3.05, 3.63) is 78.4 Å². The Hall–Kier alpha value is -2.90. The Bertz CT molecular complexity index is 958. The van der Waals surface area contributed by atoms with Crippen LogP contribution in [0.1, 0.15) is 29.9 Å². The topological polar surface area (TPSA) is 62.5 Å². The van der Waals surface area contributed by atoms with Crippen LogP contribution < -0.4 is 10.1 Å². The average molecular weight is 409 g/mol. The van der Waals surface area contributed by atoms with Gasteiger partial charge in [0.2, 0.25) is 0 Å². The molecule has 0 spiro atoms. The minimum absolute atomic E-state index is 0.0407. The SMILES string of the molecule is COc1ccc(-n2cccc2[C@@H]2[C@@H](c3ccccn3)NC(=S)N2CCCO)cc1. The van der Waals surface area contributed by atoms with Gasteiger partial charge in [0.15, 0.2) is 5.11 Å². The zero-order valence-electron chi connectivity index (χ0n) is 16.2. The van der Waals surface area contributed by atoms with Crippen LogP contribution in [-0.2, 0) is 0 Å². The number of aliphatic hydroxyl groups excluding tert-OH is 1. The molecule has 1 aliphatic heterocycles. The molecule has 1 aliphatic rings. The maximum absolute atomic E-state index is 9.37. The van der Waals surface area contributed by atoms with Gasteiger partial charge in [0.05, 0.1) is 24.9 Å². The number of benzene rings is 1. The normalized spacial score (nSPS) is 18.7. The second-order valence-corrected chi connectivity index (χ2v) is 7.28. The summed E-state index contributed by atoms with van der Waals surface area (Å²) in [6.07, 6.45) is 4.50. The van der Waals surface area contributed by atoms with Crippen LogP contribution in [0.5, 0.6) is 5.75 Å². The standard InChI is InChI=1S/C22H24N4O2S/c1-28-17-10-8-16(9-11-17)25-13-4-7-19(25)21-20(18-6-2-3-12-23-18)24-22(29)26(21)14-5-15-27/h2-4,6-13,20-21,27H,5,14-15H2,1H3,(H,24,29)/t20-,21-/m1/s1. The lowest BCUT2D eigenvalue weighted by molar-refractivity contribution is 0.245. The van der Waals surface area contributed by atoms with Crippen molar-refractivity contribution in [1.29, 1.82) is 0 Å². The van der Waals surface area contributed by atoms with Crippen LogP contribution in [0, 0.1) is 0 Å². The highest BCUT2D eigenvalue weighted by Crippen LogP contribution is 2.39. The van der Waals surface area contributed by atoms with Gasteiger partial charge in [-0.3, -0.25) is 4.98 Å². The van der Waals surface area contributed by atoms with Gasteiger partial charge in [-0.2, -0.15) is 0 Å². The van der Waals surface area contributed by atoms with Gasteiger partial charge in [-0.1, -0.05) is 6.07 Å². The maximum atomic E-state index is 9.37. The monoisotopic (exact) mass is 408 g/mol. The van der Waals surface area contributed by atoms with E-state index in [1.54, 1.807) is 13.3 Å². The molecule has 1 aromatic carbocycles. The average Bonchev–Trinajstić information content (AvgIpc) is 3.37. The first-order valence-electron chi connectivity index (χ1n) is 9.63. The quantitative estimate of drug-likeness (QED) is 0.586. The lowest BCUT2D eigenvalue weighted by Gasteiger charge is -2.28. The molecular formula is C22H24N4O2S. The highest BCUT2D eigenvalue weighted by molar-refractivity contribution is 7.80. The Kier molecular flexibility index (Phi) is 5.78. The van der Waals surface area contributed by atoms with Crippen LogP contribution in [0.4, 0.5) is 0 Å². The number of hydrogen-bond acceptors (Lipinski definition) is 4. The van der Waals surface area contributed by atoms with Crippen molar-refractivity contribution in [2.24, 2.45) is 0 Å². The maximum Gasteiger partial charge on any atom is 0.170 e. The van der Waals surface area contributed by atoms with Crippen LogP contribution >= 0.6 is 12.2 Å². The molecule has 1 fully saturated rings. The first-order valence-corrected chi connectivity index (χ1v) is 10.0. The lowest BCUT2D eigenvalue weighted by atomic mass is 10.0. The third kappa shape index (κ3) is 3.83. The fraction of sp³-hybridized carbons (Fsp3) is 0.273. The summed E-state index contributed by atoms with van der Waals surface area (Å²) in [5.41, 5.74) is 3.09. The van der Waals surface area contributed by atoms with E-state index in [4.69, 9.17) is 17.0 Å². The second kappa shape index (κ2) is 8.63. The molecule has 6 nitrogen and oxygen atoms in total. The third-order valence-corrected chi connectivity index (χ3v) is 5.54. The van der Waals surface area contributed by atoms with Crippen molar-refractivity contribution in [2.45, 2.75) is 18.5 Å². The fourth-order valence-corrected chi connectivity index (χ4v) is 4.15. The van der Waals surface area contributed by atoms with E-state index in [0.29, 0.717) is 18.1 Å². The van der Waals surface area contributed by atoms with Crippen LogP contribution in [0.2, 0.25) is 0 Å². The van der Waals surface area contributed by atoms with Gasteiger partial charge in [0.1, 0.15) is 5.75 Å². The van der Waals surface area contributed by atoms with Crippen molar-refractivity contribution >= 4 is 17.3 Å². The summed E-state index contributed by atoms with van der Waals surface area (Å²) in [6.45, 7) is 0.795. The molecule has 4 rings (SSSR count). The summed E-state index contributed by atoms with van der Waals surface area (Å²) in [6, 6.07) is 17.9. The molecule has 0 unspecified atom stereocenters. The molecule has 2 atom stereocenters. The number of aromatic nitrogens is 2. The van der Waals surface area contributed by atoms with Crippen molar-refractivity contribution in [1.82, 2.24) is 19.8 Å². The van der Waals surface area contributed by atoms with E-state index in [1.165, 1.54) is 0 Å². The summed E-state index contributed by atoms with van der Waals surface area (Å²) in [7, 11) is 1.66. The predicted molar refractivity (Wildman–Crippen MR) is 116 cm³/mol. The molecule has 0 saturated carbocycles. The first kappa shape index (κ1) is 19.4. The van der Waals surface area contributed by atoms with Gasteiger partial charge in [-0.25, -0.2) is 0 Å². The van der Waals surface area contributed by atoms with E-state index >= 15 is 0 Å². The molecule has 29 heavy (non-hydrogen) atoms. The van der Waals surface area contributed by atoms with Gasteiger partial charge in [0.25, 0.3) is 0 Å². The molecule has 3 heterocycles. The van der Waals surface area contributed by atoms with E-state index in [2.05, 4.69) is 32.0 Å². The molecule has 0 bridgehead atoms. The first-order chi connectivity index (χ1) is 14.2. The molecule has 150 valence electrons. The van der Waals surface area contributed by atoms with Crippen molar-refractivity contribution in [3.8, 4) is 11.4 Å². The minimum atomic E-state index is -0.0747. The Morgan fingerprint density at radius 1 is 1.14 bits per heavy atom. The number of rotatable bonds is 7. The number of ether oxygens (including phenoxy) is 1. The summed E-state index contributed by atoms with van der Waals surface area (Å²) in [5.74, 6) is 0.821. The third-order valence-electron chi connectivity index (χ3n) is 5.19. The Morgan fingerprint density at radius 2 is 1.97 bits per heavy atom. The number of aliphatic hydroxyl groups is 1. The van der Waals surface area contributed by atoms with Gasteiger partial charge in [-0.05, 0) is 67.2 Å². The van der Waals surface area contributed by atoms with Crippen molar-refractivity contribution in [3.63, 3.8) is 0 Å². The zero-order chi connectivity index (χ0) is 20.2. The molecule has 2 aromatic heterocycles. The van der Waals surface area contributed by atoms with Crippen LogP contribution in [0.15, 0.2) is 67.0 Å². The van der Waals surface area contributed by atoms with E-state index in [1.807, 2.05) is 48.5 Å². The summed E-state index contributed by atoms with van der Waals surface area (Å²) < 4.78 is 7.46. The number of pyridine rings is 1. The summed E-state index contributed by atoms with van der Waals surface area (Å²) >= 11 is 5.65. The number of nitrogens with zero attached hydrogens (tertiary/aromatic N) is 3. The van der Waals surface area contributed by atoms with E-state index in [0.717, 1.165) is 22.8 Å². The van der Waals surface area contributed by atoms with Gasteiger partial charge in [-0.15, -0.1) is 0 Å². The van der Waals surface area contributed by atoms with Crippen LogP contribution in [0.3, 0.4) is 0 Å². The zero-order valence-corrected chi connectivity index (χ0v) is 17.0. The highest BCUT2D eigenvalue weighted by Gasteiger charge is 2.40. The molecule has 2 N–H and O–H groups in total. The van der Waals surface area contributed by atoms with E-state index < -0.39 is 0 Å². The number of methoxy groups -OCH3 is 1. The summed E-state index contributed by atoms with van der Waals surface area (Å²) in [5, 5.41) is 13.5. The smallest absolute Gasteiger partial charge is 0.170 e. The van der Waals surface area contributed by atoms with Gasteiger partial charge < -0.3 is 24.6 Å². The molecule has 1 saturated heterocycles. The van der Waals surface area contributed by atoms with Crippen LogP contribution in [-0.4, -0.2) is 44.9 Å². The van der Waals surface area contributed by atoms with E-state index in [-0.39, 0.29) is 18.7 Å². The van der Waals surface area contributed by atoms with E-state index in [9.17, 15) is 5.11 Å². The van der Waals surface area contributed by atoms with Crippen molar-refractivity contribution in [2.75, 3.05) is 20.3 Å². The second-order valence-electron chi connectivity index (χ2n) is 6.90. The highest BCUT2D eigenvalue weighted by atomic mass is 32.1. The molecule has 3 aromatic rings. The molecule has 0 radical (unpaired) electrons. The van der Waals surface area contributed by atoms with Crippen LogP contribution in [0.25, 0.3) is 5.69 Å². The largest absolute Gasteiger partial charge is 0.497 e. The Balaban J connectivity index is 1.76. The number of nitrogens with one attached hydrogen (secondary N) is 1. The number of thiocarbonyl (C=S) groups is 1.